The molecule has 0 atom stereocenters. The van der Waals surface area contributed by atoms with Crippen molar-refractivity contribution < 1.29 is 14.3 Å². The van der Waals surface area contributed by atoms with Crippen molar-refractivity contribution in [3.05, 3.63) is 52.0 Å². The van der Waals surface area contributed by atoms with Gasteiger partial charge < -0.3 is 14.8 Å². The molecule has 0 aromatic heterocycles. The number of benzene rings is 2. The first kappa shape index (κ1) is 15.5. The Morgan fingerprint density at radius 2 is 1.52 bits per heavy atom. The molecule has 1 N–H and O–H groups in total. The van der Waals surface area contributed by atoms with E-state index in [1.54, 1.807) is 36.4 Å². The maximum atomic E-state index is 12.3. The average molecular weight is 326 g/mol. The smallest absolute Gasteiger partial charge is 0.258 e. The average Bonchev–Trinajstić information content (AvgIpc) is 2.46. The standard InChI is InChI=1S/C15H13Cl2NO3/c1-20-10-6-9(7-11(8-10)21-2)18-15(19)14-12(16)4-3-5-13(14)17/h3-8H,1-2H3,(H,18,19). The lowest BCUT2D eigenvalue weighted by atomic mass is 10.2. The molecule has 0 saturated heterocycles. The van der Waals surface area contributed by atoms with Crippen molar-refractivity contribution in [3.63, 3.8) is 0 Å². The Morgan fingerprint density at radius 3 is 2.00 bits per heavy atom. The molecule has 1 amide bonds. The van der Waals surface area contributed by atoms with E-state index >= 15 is 0 Å². The molecule has 0 fully saturated rings. The molecule has 0 spiro atoms. The second-order valence-corrected chi connectivity index (χ2v) is 4.97. The summed E-state index contributed by atoms with van der Waals surface area (Å²) < 4.78 is 10.3. The number of anilines is 1. The third kappa shape index (κ3) is 3.60. The van der Waals surface area contributed by atoms with E-state index in [4.69, 9.17) is 32.7 Å². The van der Waals surface area contributed by atoms with Gasteiger partial charge in [0.1, 0.15) is 11.5 Å². The van der Waals surface area contributed by atoms with Gasteiger partial charge in [-0.15, -0.1) is 0 Å². The van der Waals surface area contributed by atoms with Crippen molar-refractivity contribution in [2.24, 2.45) is 0 Å². The molecule has 21 heavy (non-hydrogen) atoms. The monoisotopic (exact) mass is 325 g/mol. The molecule has 0 saturated carbocycles. The fourth-order valence-electron chi connectivity index (χ4n) is 1.79. The number of ether oxygens (including phenoxy) is 2. The zero-order valence-electron chi connectivity index (χ0n) is 11.4. The van der Waals surface area contributed by atoms with Crippen LogP contribution in [0.25, 0.3) is 0 Å². The summed E-state index contributed by atoms with van der Waals surface area (Å²) >= 11 is 12.0. The van der Waals surface area contributed by atoms with Gasteiger partial charge in [0.2, 0.25) is 0 Å². The molecule has 0 aliphatic carbocycles. The van der Waals surface area contributed by atoms with Crippen LogP contribution in [0.4, 0.5) is 5.69 Å². The number of nitrogens with one attached hydrogen (secondary N) is 1. The van der Waals surface area contributed by atoms with E-state index in [1.165, 1.54) is 14.2 Å². The molecular formula is C15H13Cl2NO3. The number of amides is 1. The summed E-state index contributed by atoms with van der Waals surface area (Å²) in [6, 6.07) is 9.94. The SMILES string of the molecule is COc1cc(NC(=O)c2c(Cl)cccc2Cl)cc(OC)c1. The molecule has 2 aromatic carbocycles. The van der Waals surface area contributed by atoms with Gasteiger partial charge in [-0.1, -0.05) is 29.3 Å². The highest BCUT2D eigenvalue weighted by Crippen LogP contribution is 2.28. The minimum Gasteiger partial charge on any atom is -0.497 e. The second kappa shape index (κ2) is 6.70. The highest BCUT2D eigenvalue weighted by Gasteiger charge is 2.15. The number of carbonyl (C=O) groups excluding carboxylic acids is 1. The normalized spacial score (nSPS) is 10.1. The second-order valence-electron chi connectivity index (χ2n) is 4.15. The van der Waals surface area contributed by atoms with E-state index in [-0.39, 0.29) is 15.6 Å². The highest BCUT2D eigenvalue weighted by atomic mass is 35.5. The Labute approximate surface area is 132 Å². The Hall–Kier alpha value is -1.91. The zero-order valence-corrected chi connectivity index (χ0v) is 13.0. The van der Waals surface area contributed by atoms with Gasteiger partial charge in [-0.2, -0.15) is 0 Å². The largest absolute Gasteiger partial charge is 0.497 e. The van der Waals surface area contributed by atoms with E-state index in [0.717, 1.165) is 0 Å². The number of halogens is 2. The van der Waals surface area contributed by atoms with Crippen LogP contribution in [0.3, 0.4) is 0 Å². The molecular weight excluding hydrogens is 313 g/mol. The summed E-state index contributed by atoms with van der Waals surface area (Å²) in [4.78, 5) is 12.3. The molecule has 4 nitrogen and oxygen atoms in total. The van der Waals surface area contributed by atoms with Crippen LogP contribution >= 0.6 is 23.2 Å². The van der Waals surface area contributed by atoms with Crippen LogP contribution in [-0.4, -0.2) is 20.1 Å². The van der Waals surface area contributed by atoms with Crippen molar-refractivity contribution in [1.82, 2.24) is 0 Å². The number of carbonyl (C=O) groups is 1. The fourth-order valence-corrected chi connectivity index (χ4v) is 2.36. The van der Waals surface area contributed by atoms with Gasteiger partial charge in [0.25, 0.3) is 5.91 Å². The van der Waals surface area contributed by atoms with Crippen LogP contribution < -0.4 is 14.8 Å². The first-order valence-electron chi connectivity index (χ1n) is 6.03. The van der Waals surface area contributed by atoms with E-state index in [9.17, 15) is 4.79 Å². The summed E-state index contributed by atoms with van der Waals surface area (Å²) in [6.45, 7) is 0. The molecule has 110 valence electrons. The topological polar surface area (TPSA) is 47.6 Å². The van der Waals surface area contributed by atoms with Crippen LogP contribution in [0.2, 0.25) is 10.0 Å². The van der Waals surface area contributed by atoms with Crippen molar-refractivity contribution >= 4 is 34.8 Å². The lowest BCUT2D eigenvalue weighted by Gasteiger charge is -2.11. The summed E-state index contributed by atoms with van der Waals surface area (Å²) in [6.07, 6.45) is 0. The van der Waals surface area contributed by atoms with Crippen molar-refractivity contribution in [1.29, 1.82) is 0 Å². The summed E-state index contributed by atoms with van der Waals surface area (Å²) in [7, 11) is 3.07. The Balaban J connectivity index is 2.31. The third-order valence-electron chi connectivity index (χ3n) is 2.80. The van der Waals surface area contributed by atoms with Crippen LogP contribution in [0.5, 0.6) is 11.5 Å². The number of hydrogen-bond donors (Lipinski definition) is 1. The number of rotatable bonds is 4. The van der Waals surface area contributed by atoms with Crippen LogP contribution in [0, 0.1) is 0 Å². The minimum atomic E-state index is -0.402. The lowest BCUT2D eigenvalue weighted by molar-refractivity contribution is 0.102. The van der Waals surface area contributed by atoms with Crippen LogP contribution in [0.1, 0.15) is 10.4 Å². The van der Waals surface area contributed by atoms with Gasteiger partial charge in [-0.05, 0) is 12.1 Å². The Bertz CT molecular complexity index is 631. The van der Waals surface area contributed by atoms with E-state index < -0.39 is 5.91 Å². The molecule has 0 aliphatic rings. The Kier molecular flexibility index (Phi) is 4.94. The Morgan fingerprint density at radius 1 is 1.00 bits per heavy atom. The summed E-state index contributed by atoms with van der Waals surface area (Å²) in [5, 5.41) is 3.30. The number of methoxy groups -OCH3 is 2. The molecule has 0 aliphatic heterocycles. The molecule has 0 radical (unpaired) electrons. The van der Waals surface area contributed by atoms with Crippen LogP contribution in [-0.2, 0) is 0 Å². The first-order chi connectivity index (χ1) is 10.0. The predicted molar refractivity (Wildman–Crippen MR) is 84.0 cm³/mol. The summed E-state index contributed by atoms with van der Waals surface area (Å²) in [5.74, 6) is 0.728. The van der Waals surface area contributed by atoms with Crippen molar-refractivity contribution in [3.8, 4) is 11.5 Å². The van der Waals surface area contributed by atoms with Gasteiger partial charge >= 0.3 is 0 Å². The molecule has 0 heterocycles. The maximum absolute atomic E-state index is 12.3. The zero-order chi connectivity index (χ0) is 15.4. The van der Waals surface area contributed by atoms with E-state index in [2.05, 4.69) is 5.32 Å². The first-order valence-corrected chi connectivity index (χ1v) is 6.79. The quantitative estimate of drug-likeness (QED) is 0.913. The molecule has 0 unspecified atom stereocenters. The van der Waals surface area contributed by atoms with Crippen molar-refractivity contribution in [2.45, 2.75) is 0 Å². The molecule has 2 aromatic rings. The van der Waals surface area contributed by atoms with Gasteiger partial charge in [0.15, 0.2) is 0 Å². The van der Waals surface area contributed by atoms with Crippen molar-refractivity contribution in [2.75, 3.05) is 19.5 Å². The lowest BCUT2D eigenvalue weighted by Crippen LogP contribution is -2.13. The molecule has 6 heteroatoms. The molecule has 2 rings (SSSR count). The van der Waals surface area contributed by atoms with E-state index in [0.29, 0.717) is 17.2 Å². The minimum absolute atomic E-state index is 0.225. The fraction of sp³-hybridized carbons (Fsp3) is 0.133. The maximum Gasteiger partial charge on any atom is 0.258 e. The van der Waals surface area contributed by atoms with E-state index in [1.807, 2.05) is 0 Å². The predicted octanol–water partition coefficient (Wildman–Crippen LogP) is 4.26. The third-order valence-corrected chi connectivity index (χ3v) is 3.43. The van der Waals surface area contributed by atoms with Gasteiger partial charge in [0.05, 0.1) is 29.8 Å². The van der Waals surface area contributed by atoms with Gasteiger partial charge in [0, 0.05) is 23.9 Å². The van der Waals surface area contributed by atoms with Gasteiger partial charge in [-0.25, -0.2) is 0 Å². The van der Waals surface area contributed by atoms with Crippen LogP contribution in [0.15, 0.2) is 36.4 Å². The summed E-state index contributed by atoms with van der Waals surface area (Å²) in [5.41, 5.74) is 0.745. The molecule has 0 bridgehead atoms. The number of hydrogen-bond acceptors (Lipinski definition) is 3. The van der Waals surface area contributed by atoms with Gasteiger partial charge in [-0.3, -0.25) is 4.79 Å². The highest BCUT2D eigenvalue weighted by molar-refractivity contribution is 6.40.